The smallest absolute Gasteiger partial charge is 0.0833 e. The molecule has 17 heavy (non-hydrogen) atoms. The SMILES string of the molecule is CC(CC(N)c1c(Cl)cnn1C)CC(C)(C)C. The third kappa shape index (κ3) is 4.32. The van der Waals surface area contributed by atoms with Crippen molar-refractivity contribution in [2.45, 2.75) is 46.6 Å². The molecule has 0 saturated carbocycles. The van der Waals surface area contributed by atoms with Crippen molar-refractivity contribution in [1.29, 1.82) is 0 Å². The van der Waals surface area contributed by atoms with Crippen molar-refractivity contribution in [3.05, 3.63) is 16.9 Å². The molecular weight excluding hydrogens is 234 g/mol. The van der Waals surface area contributed by atoms with Crippen LogP contribution < -0.4 is 5.73 Å². The second-order valence-corrected chi connectivity index (χ2v) is 6.62. The normalized spacial score (nSPS) is 15.9. The van der Waals surface area contributed by atoms with Crippen LogP contribution in [-0.4, -0.2) is 9.78 Å². The molecule has 1 aromatic heterocycles. The molecule has 0 saturated heterocycles. The first-order valence-corrected chi connectivity index (χ1v) is 6.51. The monoisotopic (exact) mass is 257 g/mol. The minimum absolute atomic E-state index is 0.0349. The van der Waals surface area contributed by atoms with Crippen LogP contribution in [0.15, 0.2) is 6.20 Å². The second-order valence-electron chi connectivity index (χ2n) is 6.21. The number of hydrogen-bond donors (Lipinski definition) is 1. The molecule has 0 amide bonds. The van der Waals surface area contributed by atoms with E-state index >= 15 is 0 Å². The molecule has 2 unspecified atom stereocenters. The first-order chi connectivity index (χ1) is 7.70. The van der Waals surface area contributed by atoms with Crippen molar-refractivity contribution < 1.29 is 0 Å². The molecule has 3 nitrogen and oxygen atoms in total. The fourth-order valence-corrected chi connectivity index (χ4v) is 2.82. The Hall–Kier alpha value is -0.540. The summed E-state index contributed by atoms with van der Waals surface area (Å²) >= 11 is 6.09. The van der Waals surface area contributed by atoms with Crippen molar-refractivity contribution in [3.63, 3.8) is 0 Å². The first-order valence-electron chi connectivity index (χ1n) is 6.13. The minimum atomic E-state index is -0.0349. The van der Waals surface area contributed by atoms with Gasteiger partial charge in [-0.25, -0.2) is 0 Å². The standard InChI is InChI=1S/C13H24ClN3/c1-9(7-13(2,3)4)6-11(15)12-10(14)8-16-17(12)5/h8-9,11H,6-7,15H2,1-5H3. The highest BCUT2D eigenvalue weighted by Crippen LogP contribution is 2.31. The van der Waals surface area contributed by atoms with Crippen LogP contribution in [0.2, 0.25) is 5.02 Å². The van der Waals surface area contributed by atoms with Gasteiger partial charge in [0.05, 0.1) is 16.9 Å². The van der Waals surface area contributed by atoms with E-state index in [1.807, 2.05) is 7.05 Å². The van der Waals surface area contributed by atoms with Crippen LogP contribution in [0.5, 0.6) is 0 Å². The maximum atomic E-state index is 6.22. The highest BCUT2D eigenvalue weighted by atomic mass is 35.5. The summed E-state index contributed by atoms with van der Waals surface area (Å²) in [6, 6.07) is -0.0349. The maximum Gasteiger partial charge on any atom is 0.0833 e. The molecule has 0 aliphatic heterocycles. The summed E-state index contributed by atoms with van der Waals surface area (Å²) < 4.78 is 1.77. The van der Waals surface area contributed by atoms with Gasteiger partial charge in [-0.1, -0.05) is 39.3 Å². The molecule has 2 atom stereocenters. The highest BCUT2D eigenvalue weighted by Gasteiger charge is 2.21. The molecule has 4 heteroatoms. The van der Waals surface area contributed by atoms with Gasteiger partial charge in [0.25, 0.3) is 0 Å². The quantitative estimate of drug-likeness (QED) is 0.897. The molecular formula is C13H24ClN3. The Morgan fingerprint density at radius 1 is 1.47 bits per heavy atom. The van der Waals surface area contributed by atoms with Crippen LogP contribution in [0.4, 0.5) is 0 Å². The summed E-state index contributed by atoms with van der Waals surface area (Å²) in [5.74, 6) is 0.580. The van der Waals surface area contributed by atoms with Gasteiger partial charge in [0.2, 0.25) is 0 Å². The number of nitrogens with zero attached hydrogens (tertiary/aromatic N) is 2. The van der Waals surface area contributed by atoms with Gasteiger partial charge in [-0.3, -0.25) is 4.68 Å². The maximum absolute atomic E-state index is 6.22. The molecule has 0 aliphatic carbocycles. The first kappa shape index (κ1) is 14.5. The number of halogens is 1. The van der Waals surface area contributed by atoms with E-state index in [9.17, 15) is 0 Å². The molecule has 1 aromatic rings. The van der Waals surface area contributed by atoms with Crippen molar-refractivity contribution in [3.8, 4) is 0 Å². The Kier molecular flexibility index (Phi) is 4.62. The predicted molar refractivity (Wildman–Crippen MR) is 73.0 cm³/mol. The molecule has 0 bridgehead atoms. The van der Waals surface area contributed by atoms with E-state index in [1.165, 1.54) is 0 Å². The van der Waals surface area contributed by atoms with Gasteiger partial charge >= 0.3 is 0 Å². The van der Waals surface area contributed by atoms with Gasteiger partial charge in [-0.2, -0.15) is 5.10 Å². The van der Waals surface area contributed by atoms with Crippen LogP contribution in [0.25, 0.3) is 0 Å². The van der Waals surface area contributed by atoms with Crippen LogP contribution in [0.1, 0.15) is 52.3 Å². The van der Waals surface area contributed by atoms with Crippen molar-refractivity contribution in [2.75, 3.05) is 0 Å². The molecule has 98 valence electrons. The van der Waals surface area contributed by atoms with E-state index in [2.05, 4.69) is 32.8 Å². The summed E-state index contributed by atoms with van der Waals surface area (Å²) in [5.41, 5.74) is 7.50. The Bertz CT molecular complexity index is 346. The fraction of sp³-hybridized carbons (Fsp3) is 0.769. The van der Waals surface area contributed by atoms with E-state index in [-0.39, 0.29) is 6.04 Å². The zero-order valence-electron chi connectivity index (χ0n) is 11.5. The number of aryl methyl sites for hydroxylation is 1. The second kappa shape index (κ2) is 5.40. The molecule has 1 rings (SSSR count). The van der Waals surface area contributed by atoms with Gasteiger partial charge in [0, 0.05) is 13.1 Å². The summed E-state index contributed by atoms with van der Waals surface area (Å²) in [6.45, 7) is 9.01. The highest BCUT2D eigenvalue weighted by molar-refractivity contribution is 6.31. The number of nitrogens with two attached hydrogens (primary N) is 1. The van der Waals surface area contributed by atoms with Gasteiger partial charge in [-0.05, 0) is 24.2 Å². The fourth-order valence-electron chi connectivity index (χ4n) is 2.51. The van der Waals surface area contributed by atoms with Crippen molar-refractivity contribution in [1.82, 2.24) is 9.78 Å². The molecule has 1 heterocycles. The van der Waals surface area contributed by atoms with Crippen LogP contribution in [0, 0.1) is 11.3 Å². The number of rotatable bonds is 4. The zero-order chi connectivity index (χ0) is 13.2. The van der Waals surface area contributed by atoms with E-state index in [0.717, 1.165) is 18.5 Å². The number of aromatic nitrogens is 2. The van der Waals surface area contributed by atoms with Crippen LogP contribution in [-0.2, 0) is 7.05 Å². The minimum Gasteiger partial charge on any atom is -0.323 e. The van der Waals surface area contributed by atoms with Gasteiger partial charge in [0.15, 0.2) is 0 Å². The largest absolute Gasteiger partial charge is 0.323 e. The average Bonchev–Trinajstić information content (AvgIpc) is 2.42. The molecule has 0 fully saturated rings. The van der Waals surface area contributed by atoms with Gasteiger partial charge in [-0.15, -0.1) is 0 Å². The topological polar surface area (TPSA) is 43.8 Å². The van der Waals surface area contributed by atoms with Gasteiger partial charge < -0.3 is 5.73 Å². The Balaban J connectivity index is 2.64. The summed E-state index contributed by atoms with van der Waals surface area (Å²) in [7, 11) is 1.88. The third-order valence-electron chi connectivity index (χ3n) is 2.91. The van der Waals surface area contributed by atoms with E-state index in [0.29, 0.717) is 16.4 Å². The summed E-state index contributed by atoms with van der Waals surface area (Å²) in [6.07, 6.45) is 3.76. The van der Waals surface area contributed by atoms with Gasteiger partial charge in [0.1, 0.15) is 0 Å². The lowest BCUT2D eigenvalue weighted by atomic mass is 9.82. The summed E-state index contributed by atoms with van der Waals surface area (Å²) in [4.78, 5) is 0. The number of hydrogen-bond acceptors (Lipinski definition) is 2. The van der Waals surface area contributed by atoms with E-state index in [1.54, 1.807) is 10.9 Å². The summed E-state index contributed by atoms with van der Waals surface area (Å²) in [5, 5.41) is 4.79. The van der Waals surface area contributed by atoms with E-state index in [4.69, 9.17) is 17.3 Å². The Labute approximate surface area is 109 Å². The van der Waals surface area contributed by atoms with E-state index < -0.39 is 0 Å². The predicted octanol–water partition coefficient (Wildman–Crippen LogP) is 3.54. The molecule has 2 N–H and O–H groups in total. The lowest BCUT2D eigenvalue weighted by Gasteiger charge is -2.25. The lowest BCUT2D eigenvalue weighted by Crippen LogP contribution is -2.20. The Morgan fingerprint density at radius 3 is 2.47 bits per heavy atom. The molecule has 0 aromatic carbocycles. The van der Waals surface area contributed by atoms with Crippen molar-refractivity contribution in [2.24, 2.45) is 24.1 Å². The van der Waals surface area contributed by atoms with Crippen molar-refractivity contribution >= 4 is 11.6 Å². The average molecular weight is 258 g/mol. The third-order valence-corrected chi connectivity index (χ3v) is 3.20. The lowest BCUT2D eigenvalue weighted by molar-refractivity contribution is 0.284. The molecule has 0 spiro atoms. The van der Waals surface area contributed by atoms with Crippen LogP contribution >= 0.6 is 11.6 Å². The zero-order valence-corrected chi connectivity index (χ0v) is 12.3. The van der Waals surface area contributed by atoms with Crippen LogP contribution in [0.3, 0.4) is 0 Å². The molecule has 0 radical (unpaired) electrons. The Morgan fingerprint density at radius 2 is 2.06 bits per heavy atom. The molecule has 0 aliphatic rings.